The standard InChI is InChI=1S/C51H34N2O/c54-51-52(39-17-5-2-6-18-39)47-25-13-14-26-48(47)53(51)40-33-31-38(32-34-40)49-43-21-9-11-23-45(43)50(46-24-12-10-22-44(46)49)42-20-8-7-19-41(42)37-29-27-36(28-30-37)35-15-3-1-4-16-35/h1-34H. The lowest BCUT2D eigenvalue weighted by molar-refractivity contribution is 0.931. The third kappa shape index (κ3) is 5.17. The largest absolute Gasteiger partial charge is 0.338 e. The molecule has 0 N–H and O–H groups in total. The van der Waals surface area contributed by atoms with Crippen molar-refractivity contribution in [2.24, 2.45) is 0 Å². The Bertz CT molecular complexity index is 2970. The number of hydrogen-bond acceptors (Lipinski definition) is 1. The van der Waals surface area contributed by atoms with Gasteiger partial charge >= 0.3 is 5.69 Å². The lowest BCUT2D eigenvalue weighted by Gasteiger charge is -2.20. The van der Waals surface area contributed by atoms with Crippen molar-refractivity contribution < 1.29 is 0 Å². The van der Waals surface area contributed by atoms with E-state index >= 15 is 0 Å². The van der Waals surface area contributed by atoms with Crippen molar-refractivity contribution in [3.05, 3.63) is 217 Å². The molecule has 0 aliphatic heterocycles. The number of hydrogen-bond donors (Lipinski definition) is 0. The number of aromatic nitrogens is 2. The van der Waals surface area contributed by atoms with Gasteiger partial charge in [0.05, 0.1) is 22.4 Å². The second kappa shape index (κ2) is 13.1. The quantitative estimate of drug-likeness (QED) is 0.160. The normalized spacial score (nSPS) is 11.4. The highest BCUT2D eigenvalue weighted by atomic mass is 16.1. The Hall–Kier alpha value is -7.23. The smallest absolute Gasteiger partial charge is 0.260 e. The van der Waals surface area contributed by atoms with E-state index in [1.165, 1.54) is 60.5 Å². The molecule has 1 aromatic heterocycles. The topological polar surface area (TPSA) is 26.9 Å². The molecule has 0 spiro atoms. The number of fused-ring (bicyclic) bond motifs is 3. The molecule has 0 amide bonds. The highest BCUT2D eigenvalue weighted by Gasteiger charge is 2.20. The molecule has 0 saturated heterocycles. The monoisotopic (exact) mass is 690 g/mol. The lowest BCUT2D eigenvalue weighted by Crippen LogP contribution is -2.22. The summed E-state index contributed by atoms with van der Waals surface area (Å²) in [6.45, 7) is 0. The molecule has 0 aliphatic rings. The van der Waals surface area contributed by atoms with E-state index in [0.29, 0.717) is 0 Å². The van der Waals surface area contributed by atoms with Crippen molar-refractivity contribution in [2.45, 2.75) is 0 Å². The van der Waals surface area contributed by atoms with Gasteiger partial charge in [0.25, 0.3) is 0 Å². The first-order chi connectivity index (χ1) is 26.7. The van der Waals surface area contributed by atoms with Gasteiger partial charge in [0, 0.05) is 0 Å². The van der Waals surface area contributed by atoms with Crippen LogP contribution >= 0.6 is 0 Å². The molecule has 3 nitrogen and oxygen atoms in total. The van der Waals surface area contributed by atoms with Gasteiger partial charge in [-0.15, -0.1) is 0 Å². The number of nitrogens with zero attached hydrogens (tertiary/aromatic N) is 2. The van der Waals surface area contributed by atoms with Crippen LogP contribution < -0.4 is 5.69 Å². The summed E-state index contributed by atoms with van der Waals surface area (Å²) in [4.78, 5) is 14.1. The summed E-state index contributed by atoms with van der Waals surface area (Å²) in [6.07, 6.45) is 0. The van der Waals surface area contributed by atoms with Crippen molar-refractivity contribution in [3.8, 4) is 55.9 Å². The number of para-hydroxylation sites is 3. The second-order valence-corrected chi connectivity index (χ2v) is 13.7. The molecule has 0 atom stereocenters. The number of benzene rings is 9. The van der Waals surface area contributed by atoms with Gasteiger partial charge in [0.1, 0.15) is 0 Å². The first-order valence-corrected chi connectivity index (χ1v) is 18.3. The third-order valence-corrected chi connectivity index (χ3v) is 10.6. The Kier molecular flexibility index (Phi) is 7.63. The molecular weight excluding hydrogens is 657 g/mol. The van der Waals surface area contributed by atoms with E-state index in [1.807, 2.05) is 59.2 Å². The van der Waals surface area contributed by atoms with Crippen LogP contribution in [0.5, 0.6) is 0 Å². The van der Waals surface area contributed by atoms with Crippen LogP contribution in [-0.2, 0) is 0 Å². The predicted molar refractivity (Wildman–Crippen MR) is 226 cm³/mol. The highest BCUT2D eigenvalue weighted by Crippen LogP contribution is 2.46. The minimum absolute atomic E-state index is 0.0937. The fourth-order valence-corrected chi connectivity index (χ4v) is 8.16. The van der Waals surface area contributed by atoms with Gasteiger partial charge in [-0.3, -0.25) is 9.13 Å². The second-order valence-electron chi connectivity index (χ2n) is 13.7. The fraction of sp³-hybridized carbons (Fsp3) is 0. The van der Waals surface area contributed by atoms with Crippen molar-refractivity contribution in [1.29, 1.82) is 0 Å². The summed E-state index contributed by atoms with van der Waals surface area (Å²) in [5.74, 6) is 0. The third-order valence-electron chi connectivity index (χ3n) is 10.6. The molecular formula is C51H34N2O. The van der Waals surface area contributed by atoms with Crippen LogP contribution in [0, 0.1) is 0 Å². The van der Waals surface area contributed by atoms with Gasteiger partial charge < -0.3 is 0 Å². The molecule has 1 heterocycles. The minimum Gasteiger partial charge on any atom is -0.260 e. The van der Waals surface area contributed by atoms with Crippen molar-refractivity contribution in [1.82, 2.24) is 9.13 Å². The number of rotatable bonds is 6. The zero-order valence-corrected chi connectivity index (χ0v) is 29.4. The van der Waals surface area contributed by atoms with Crippen LogP contribution in [0.3, 0.4) is 0 Å². The van der Waals surface area contributed by atoms with Crippen molar-refractivity contribution >= 4 is 32.6 Å². The molecule has 0 fully saturated rings. The Morgan fingerprint density at radius 3 is 1.24 bits per heavy atom. The SMILES string of the molecule is O=c1n(-c2ccccc2)c2ccccc2n1-c1ccc(-c2c3ccccc3c(-c3ccccc3-c3ccc(-c4ccccc4)cc3)c3ccccc23)cc1. The average Bonchev–Trinajstić information content (AvgIpc) is 3.55. The van der Waals surface area contributed by atoms with Crippen LogP contribution in [0.2, 0.25) is 0 Å². The van der Waals surface area contributed by atoms with Crippen LogP contribution in [0.4, 0.5) is 0 Å². The molecule has 9 aromatic carbocycles. The molecule has 0 aliphatic carbocycles. The van der Waals surface area contributed by atoms with Crippen LogP contribution in [-0.4, -0.2) is 9.13 Å². The molecule has 54 heavy (non-hydrogen) atoms. The summed E-state index contributed by atoms with van der Waals surface area (Å²) in [6, 6.07) is 72.0. The van der Waals surface area contributed by atoms with E-state index in [2.05, 4.69) is 152 Å². The van der Waals surface area contributed by atoms with Crippen LogP contribution in [0.25, 0.3) is 88.5 Å². The summed E-state index contributed by atoms with van der Waals surface area (Å²) < 4.78 is 3.60. The molecule has 0 radical (unpaired) electrons. The summed E-state index contributed by atoms with van der Waals surface area (Å²) in [5.41, 5.74) is 12.8. The van der Waals surface area contributed by atoms with E-state index < -0.39 is 0 Å². The van der Waals surface area contributed by atoms with Gasteiger partial charge in [-0.25, -0.2) is 4.79 Å². The van der Waals surface area contributed by atoms with Crippen LogP contribution in [0.1, 0.15) is 0 Å². The van der Waals surface area contributed by atoms with Crippen LogP contribution in [0.15, 0.2) is 211 Å². The molecule has 254 valence electrons. The maximum atomic E-state index is 14.1. The van der Waals surface area contributed by atoms with Gasteiger partial charge in [-0.1, -0.05) is 170 Å². The molecule has 0 unspecified atom stereocenters. The van der Waals surface area contributed by atoms with E-state index in [9.17, 15) is 4.79 Å². The van der Waals surface area contributed by atoms with Gasteiger partial charge in [-0.05, 0) is 102 Å². The first kappa shape index (κ1) is 31.5. The molecule has 10 aromatic rings. The zero-order valence-electron chi connectivity index (χ0n) is 29.4. The lowest BCUT2D eigenvalue weighted by atomic mass is 9.83. The van der Waals surface area contributed by atoms with Gasteiger partial charge in [0.15, 0.2) is 0 Å². The number of imidazole rings is 1. The van der Waals surface area contributed by atoms with Gasteiger partial charge in [-0.2, -0.15) is 0 Å². The predicted octanol–water partition coefficient (Wildman–Crippen LogP) is 12.8. The van der Waals surface area contributed by atoms with Crippen molar-refractivity contribution in [3.63, 3.8) is 0 Å². The fourth-order valence-electron chi connectivity index (χ4n) is 8.16. The van der Waals surface area contributed by atoms with E-state index in [4.69, 9.17) is 0 Å². The van der Waals surface area contributed by atoms with E-state index in [1.54, 1.807) is 4.57 Å². The maximum Gasteiger partial charge on any atom is 0.338 e. The van der Waals surface area contributed by atoms with E-state index in [-0.39, 0.29) is 5.69 Å². The van der Waals surface area contributed by atoms with Gasteiger partial charge in [0.2, 0.25) is 0 Å². The minimum atomic E-state index is -0.0937. The van der Waals surface area contributed by atoms with E-state index in [0.717, 1.165) is 28.0 Å². The Morgan fingerprint density at radius 1 is 0.278 bits per heavy atom. The Morgan fingerprint density at radius 2 is 0.667 bits per heavy atom. The Labute approximate surface area is 313 Å². The van der Waals surface area contributed by atoms with Crippen molar-refractivity contribution in [2.75, 3.05) is 0 Å². The zero-order chi connectivity index (χ0) is 36.0. The summed E-state index contributed by atoms with van der Waals surface area (Å²) in [5, 5.41) is 4.77. The molecule has 0 saturated carbocycles. The maximum absolute atomic E-state index is 14.1. The summed E-state index contributed by atoms with van der Waals surface area (Å²) >= 11 is 0. The molecule has 10 rings (SSSR count). The molecule has 0 bridgehead atoms. The molecule has 3 heteroatoms. The Balaban J connectivity index is 1.13. The first-order valence-electron chi connectivity index (χ1n) is 18.3. The average molecular weight is 691 g/mol. The summed E-state index contributed by atoms with van der Waals surface area (Å²) in [7, 11) is 0. The highest BCUT2D eigenvalue weighted by molar-refractivity contribution is 6.22.